The van der Waals surface area contributed by atoms with E-state index in [2.05, 4.69) is 15.0 Å². The van der Waals surface area contributed by atoms with Gasteiger partial charge in [0.2, 0.25) is 5.28 Å². The average Bonchev–Trinajstić information content (AvgIpc) is 3.24. The van der Waals surface area contributed by atoms with Crippen molar-refractivity contribution in [1.82, 2.24) is 19.5 Å². The Morgan fingerprint density at radius 1 is 1.27 bits per heavy atom. The van der Waals surface area contributed by atoms with Crippen LogP contribution in [0.2, 0.25) is 5.28 Å². The molecule has 2 saturated heterocycles. The fourth-order valence-corrected chi connectivity index (χ4v) is 4.09. The molecule has 5 N–H and O–H groups in total. The number of hydrogen-bond acceptors (Lipinski definition) is 8. The molecule has 4 rings (SSSR count). The number of rotatable bonds is 6. The second-order valence-electron chi connectivity index (χ2n) is 8.05. The number of nitrogens with one attached hydrogen (secondary N) is 1. The Labute approximate surface area is 180 Å². The highest BCUT2D eigenvalue weighted by Crippen LogP contribution is 2.45. The second kappa shape index (κ2) is 9.71. The third-order valence-electron chi connectivity index (χ3n) is 5.49. The van der Waals surface area contributed by atoms with Crippen molar-refractivity contribution >= 4 is 22.8 Å². The number of halogens is 1. The lowest BCUT2D eigenvalue weighted by Crippen LogP contribution is -2.47. The van der Waals surface area contributed by atoms with Crippen LogP contribution in [-0.2, 0) is 19.9 Å². The number of aromatic nitrogens is 4. The summed E-state index contributed by atoms with van der Waals surface area (Å²) in [6.07, 6.45) is 6.84. The highest BCUT2D eigenvalue weighted by molar-refractivity contribution is 6.28. The van der Waals surface area contributed by atoms with E-state index in [9.17, 15) is 4.79 Å². The van der Waals surface area contributed by atoms with E-state index in [1.54, 1.807) is 10.9 Å². The summed E-state index contributed by atoms with van der Waals surface area (Å²) >= 11 is 5.86. The quantitative estimate of drug-likeness (QED) is 0.450. The zero-order chi connectivity index (χ0) is 21.8. The largest absolute Gasteiger partial charge is 0.352 e. The first-order chi connectivity index (χ1) is 14.3. The van der Waals surface area contributed by atoms with Crippen LogP contribution in [0, 0.1) is 0 Å². The van der Waals surface area contributed by atoms with Crippen LogP contribution < -0.4 is 17.0 Å². The molecule has 2 aliphatic heterocycles. The number of unbranched alkanes of at least 4 members (excludes halogenated alkanes) is 3. The third kappa shape index (κ3) is 4.84. The number of nitrogens with two attached hydrogens (primary N) is 2. The van der Waals surface area contributed by atoms with Gasteiger partial charge in [-0.1, -0.05) is 12.8 Å². The number of H-pyrrole nitrogens is 1. The van der Waals surface area contributed by atoms with Crippen LogP contribution in [0.1, 0.15) is 46.0 Å². The van der Waals surface area contributed by atoms with Crippen molar-refractivity contribution in [2.75, 3.05) is 26.5 Å². The van der Waals surface area contributed by atoms with Gasteiger partial charge in [0.15, 0.2) is 11.2 Å². The molecule has 10 nitrogen and oxygen atoms in total. The van der Waals surface area contributed by atoms with Gasteiger partial charge in [0, 0.05) is 6.42 Å². The van der Waals surface area contributed by atoms with E-state index in [0.717, 1.165) is 25.9 Å². The highest BCUT2D eigenvalue weighted by atomic mass is 35.5. The molecule has 2 aromatic rings. The number of imidazole rings is 1. The predicted octanol–water partition coefficient (Wildman–Crippen LogP) is 1.46. The van der Waals surface area contributed by atoms with E-state index in [1.807, 2.05) is 13.8 Å². The number of ether oxygens (including phenoxy) is 3. The normalized spacial score (nSPS) is 28.2. The van der Waals surface area contributed by atoms with Gasteiger partial charge in [0.05, 0.1) is 19.0 Å². The minimum Gasteiger partial charge on any atom is -0.352 e. The van der Waals surface area contributed by atoms with Crippen molar-refractivity contribution in [3.8, 4) is 0 Å². The van der Waals surface area contributed by atoms with Crippen LogP contribution in [0.4, 0.5) is 0 Å². The molecule has 0 saturated carbocycles. The summed E-state index contributed by atoms with van der Waals surface area (Å²) in [6, 6.07) is 0. The highest BCUT2D eigenvalue weighted by Gasteiger charge is 2.55. The molecule has 2 fully saturated rings. The minimum absolute atomic E-state index is 0.0176. The molecule has 3 atom stereocenters. The monoisotopic (exact) mass is 442 g/mol. The molecular formula is C19H31ClN6O4. The maximum atomic E-state index is 11.9. The van der Waals surface area contributed by atoms with Gasteiger partial charge in [-0.2, -0.15) is 4.98 Å². The summed E-state index contributed by atoms with van der Waals surface area (Å²) in [6.45, 7) is 6.23. The van der Waals surface area contributed by atoms with Crippen molar-refractivity contribution in [3.05, 3.63) is 22.0 Å². The Morgan fingerprint density at radius 2 is 1.97 bits per heavy atom. The van der Waals surface area contributed by atoms with Crippen molar-refractivity contribution in [2.24, 2.45) is 11.5 Å². The lowest BCUT2D eigenvalue weighted by atomic mass is 9.97. The van der Waals surface area contributed by atoms with Crippen LogP contribution in [0.5, 0.6) is 0 Å². The summed E-state index contributed by atoms with van der Waals surface area (Å²) in [7, 11) is 0. The van der Waals surface area contributed by atoms with Crippen LogP contribution >= 0.6 is 11.6 Å². The van der Waals surface area contributed by atoms with Gasteiger partial charge in [0.25, 0.3) is 5.56 Å². The van der Waals surface area contributed by atoms with E-state index in [4.69, 9.17) is 37.3 Å². The van der Waals surface area contributed by atoms with E-state index in [1.165, 1.54) is 12.8 Å². The fourth-order valence-electron chi connectivity index (χ4n) is 3.92. The summed E-state index contributed by atoms with van der Waals surface area (Å²) in [5.41, 5.74) is 9.51. The molecule has 30 heavy (non-hydrogen) atoms. The molecule has 168 valence electrons. The van der Waals surface area contributed by atoms with Crippen molar-refractivity contribution < 1.29 is 14.2 Å². The minimum atomic E-state index is -0.744. The Morgan fingerprint density at radius 3 is 2.60 bits per heavy atom. The molecule has 3 unspecified atom stereocenters. The number of fused-ring (bicyclic) bond motifs is 2. The Hall–Kier alpha value is -1.56. The summed E-state index contributed by atoms with van der Waals surface area (Å²) in [5.74, 6) is 0. The van der Waals surface area contributed by atoms with Crippen LogP contribution in [-0.4, -0.2) is 57.7 Å². The average molecular weight is 443 g/mol. The number of aromatic amines is 1. The molecule has 0 amide bonds. The molecule has 0 aromatic carbocycles. The molecule has 0 spiro atoms. The molecule has 0 radical (unpaired) electrons. The van der Waals surface area contributed by atoms with E-state index in [-0.39, 0.29) is 29.3 Å². The lowest BCUT2D eigenvalue weighted by molar-refractivity contribution is -0.238. The van der Waals surface area contributed by atoms with Crippen molar-refractivity contribution in [2.45, 2.75) is 63.4 Å². The van der Waals surface area contributed by atoms with Crippen molar-refractivity contribution in [3.63, 3.8) is 0 Å². The van der Waals surface area contributed by atoms with Gasteiger partial charge in [-0.25, -0.2) is 4.98 Å². The Kier molecular flexibility index (Phi) is 7.48. The Bertz CT molecular complexity index is 899. The molecule has 2 aliphatic rings. The standard InChI is InChI=1S/C13H15ClN4O4.C6H16N2/c1-12-4-20-6-21-7(12)3-13(2,22-12)18-5-15-8-9(18)16-11(14)17-10(8)19;7-5-3-1-2-4-6-8/h5,7H,3-4,6H2,1-2H3,(H,16,17,19);1-8H2. The number of hydrogen-bond donors (Lipinski definition) is 3. The molecule has 0 aliphatic carbocycles. The third-order valence-corrected chi connectivity index (χ3v) is 5.66. The zero-order valence-electron chi connectivity index (χ0n) is 17.5. The van der Waals surface area contributed by atoms with Gasteiger partial charge in [0.1, 0.15) is 18.1 Å². The summed E-state index contributed by atoms with van der Waals surface area (Å²) in [5, 5.41) is 0.0176. The first kappa shape index (κ1) is 23.1. The van der Waals surface area contributed by atoms with Crippen molar-refractivity contribution in [1.29, 1.82) is 0 Å². The fraction of sp³-hybridized carbons (Fsp3) is 0.737. The predicted molar refractivity (Wildman–Crippen MR) is 113 cm³/mol. The smallest absolute Gasteiger partial charge is 0.280 e. The summed E-state index contributed by atoms with van der Waals surface area (Å²) < 4.78 is 19.0. The first-order valence-corrected chi connectivity index (χ1v) is 10.6. The molecule has 2 aromatic heterocycles. The van der Waals surface area contributed by atoms with Gasteiger partial charge in [-0.05, 0) is 51.4 Å². The second-order valence-corrected chi connectivity index (χ2v) is 8.41. The first-order valence-electron chi connectivity index (χ1n) is 10.3. The van der Waals surface area contributed by atoms with Crippen LogP contribution in [0.15, 0.2) is 11.1 Å². The maximum absolute atomic E-state index is 11.9. The molecule has 0 bridgehead atoms. The van der Waals surface area contributed by atoms with E-state index < -0.39 is 11.3 Å². The van der Waals surface area contributed by atoms with E-state index in [0.29, 0.717) is 18.7 Å². The Balaban J connectivity index is 0.000000275. The van der Waals surface area contributed by atoms with Crippen LogP contribution in [0.25, 0.3) is 11.2 Å². The number of nitrogens with zero attached hydrogens (tertiary/aromatic N) is 3. The zero-order valence-corrected chi connectivity index (χ0v) is 18.3. The van der Waals surface area contributed by atoms with Gasteiger partial charge in [-0.15, -0.1) is 0 Å². The molecular weight excluding hydrogens is 412 g/mol. The topological polar surface area (TPSA) is 143 Å². The lowest BCUT2D eigenvalue weighted by Gasteiger charge is -2.35. The van der Waals surface area contributed by atoms with Gasteiger partial charge in [-0.3, -0.25) is 14.3 Å². The molecule has 4 heterocycles. The molecule has 11 heteroatoms. The maximum Gasteiger partial charge on any atom is 0.280 e. The van der Waals surface area contributed by atoms with Crippen LogP contribution in [0.3, 0.4) is 0 Å². The van der Waals surface area contributed by atoms with Gasteiger partial charge >= 0.3 is 0 Å². The van der Waals surface area contributed by atoms with Gasteiger partial charge < -0.3 is 25.7 Å². The SMILES string of the molecule is CC12COCOC1CC(C)(n1cnc3c(=O)[nH]c(Cl)nc31)O2.NCCCCCCN. The van der Waals surface area contributed by atoms with E-state index >= 15 is 0 Å². The summed E-state index contributed by atoms with van der Waals surface area (Å²) in [4.78, 5) is 22.6.